The van der Waals surface area contributed by atoms with E-state index in [0.29, 0.717) is 0 Å². The van der Waals surface area contributed by atoms with E-state index in [9.17, 15) is 14.5 Å². The number of phosphoric acid groups is 1. The number of hydrogen-bond donors (Lipinski definition) is 5. The Kier molecular flexibility index (Phi) is 4.02. The van der Waals surface area contributed by atoms with Crippen LogP contribution in [0.4, 0.5) is 0 Å². The highest BCUT2D eigenvalue weighted by Gasteiger charge is 2.44. The molecule has 0 bridgehead atoms. The molecule has 1 heterocycles. The summed E-state index contributed by atoms with van der Waals surface area (Å²) in [6.45, 7) is -0.791. The number of aliphatic hydroxyl groups excluding tert-OH is 3. The Balaban J connectivity index is 2.61. The van der Waals surface area contributed by atoms with E-state index < -0.39 is 44.8 Å². The van der Waals surface area contributed by atoms with Gasteiger partial charge >= 0.3 is 13.8 Å². The molecular weight excluding hydrogens is 247 g/mol. The third-order valence-electron chi connectivity index (χ3n) is 1.97. The highest BCUT2D eigenvalue weighted by atomic mass is 31.2. The second-order valence-corrected chi connectivity index (χ2v) is 4.43. The van der Waals surface area contributed by atoms with Crippen LogP contribution in [0.25, 0.3) is 0 Å². The molecule has 5 N–H and O–H groups in total. The third kappa shape index (κ3) is 3.22. The van der Waals surface area contributed by atoms with E-state index in [4.69, 9.17) is 20.0 Å². The maximum absolute atomic E-state index is 10.9. The van der Waals surface area contributed by atoms with Gasteiger partial charge in [-0.1, -0.05) is 0 Å². The van der Waals surface area contributed by atoms with Gasteiger partial charge in [-0.3, -0.25) is 4.52 Å². The Morgan fingerprint density at radius 2 is 1.81 bits per heavy atom. The zero-order valence-electron chi connectivity index (χ0n) is 7.83. The molecule has 0 aromatic rings. The van der Waals surface area contributed by atoms with Crippen molar-refractivity contribution in [2.45, 2.75) is 24.4 Å². The lowest BCUT2D eigenvalue weighted by atomic mass is 10.0. The van der Waals surface area contributed by atoms with Crippen molar-refractivity contribution < 1.29 is 43.7 Å². The number of carbonyl (C=O) groups excluding carboxylic acids is 1. The molecule has 9 nitrogen and oxygen atoms in total. The van der Waals surface area contributed by atoms with Gasteiger partial charge in [0, 0.05) is 0 Å². The fraction of sp³-hybridized carbons (Fsp3) is 0.833. The number of ether oxygens (including phenoxy) is 1. The lowest BCUT2D eigenvalue weighted by molar-refractivity contribution is -0.206. The van der Waals surface area contributed by atoms with Gasteiger partial charge in [0.2, 0.25) is 0 Å². The van der Waals surface area contributed by atoms with Gasteiger partial charge in [-0.15, -0.1) is 0 Å². The minimum atomic E-state index is -4.76. The normalized spacial score (nSPS) is 35.9. The number of cyclic esters (lactones) is 1. The van der Waals surface area contributed by atoms with Gasteiger partial charge in [-0.25, -0.2) is 9.36 Å². The predicted molar refractivity (Wildman–Crippen MR) is 45.9 cm³/mol. The number of aliphatic hydroxyl groups is 3. The van der Waals surface area contributed by atoms with Gasteiger partial charge in [0.1, 0.15) is 12.2 Å². The van der Waals surface area contributed by atoms with Crippen molar-refractivity contribution in [3.8, 4) is 0 Å². The molecule has 0 aromatic heterocycles. The molecule has 1 aliphatic rings. The summed E-state index contributed by atoms with van der Waals surface area (Å²) in [4.78, 5) is 27.6. The Bertz CT molecular complexity index is 311. The van der Waals surface area contributed by atoms with Gasteiger partial charge in [0.15, 0.2) is 12.2 Å². The largest absolute Gasteiger partial charge is 0.469 e. The van der Waals surface area contributed by atoms with Crippen LogP contribution in [-0.2, 0) is 18.6 Å². The number of esters is 1. The second kappa shape index (κ2) is 4.76. The molecule has 4 atom stereocenters. The summed E-state index contributed by atoms with van der Waals surface area (Å²) in [5.74, 6) is -1.20. The lowest BCUT2D eigenvalue weighted by Crippen LogP contribution is -2.56. The van der Waals surface area contributed by atoms with Crippen molar-refractivity contribution >= 4 is 13.8 Å². The zero-order chi connectivity index (χ0) is 12.5. The first-order valence-corrected chi connectivity index (χ1v) is 5.70. The van der Waals surface area contributed by atoms with E-state index in [1.807, 2.05) is 0 Å². The highest BCUT2D eigenvalue weighted by molar-refractivity contribution is 7.46. The molecule has 16 heavy (non-hydrogen) atoms. The molecule has 0 aliphatic carbocycles. The first kappa shape index (κ1) is 13.5. The average molecular weight is 258 g/mol. The second-order valence-electron chi connectivity index (χ2n) is 3.19. The van der Waals surface area contributed by atoms with Crippen LogP contribution in [-0.4, -0.2) is 62.1 Å². The molecule has 94 valence electrons. The first-order chi connectivity index (χ1) is 7.22. The number of rotatable bonds is 3. The standard InChI is InChI=1S/C6H11O9P/c7-3-2(1-14-16(11,12)13)15-6(10)5(9)4(3)8/h2-5,7-9H,1H2,(H2,11,12,13)/t2-,3-,4+,5-/m1/s1. The van der Waals surface area contributed by atoms with E-state index in [1.165, 1.54) is 0 Å². The third-order valence-corrected chi connectivity index (χ3v) is 2.46. The van der Waals surface area contributed by atoms with E-state index >= 15 is 0 Å². The summed E-state index contributed by atoms with van der Waals surface area (Å²) in [6.07, 6.45) is -6.80. The summed E-state index contributed by atoms with van der Waals surface area (Å²) < 4.78 is 18.8. The number of phosphoric ester groups is 1. The van der Waals surface area contributed by atoms with Gasteiger partial charge in [-0.2, -0.15) is 0 Å². The zero-order valence-corrected chi connectivity index (χ0v) is 8.73. The van der Waals surface area contributed by atoms with E-state index in [0.717, 1.165) is 0 Å². The summed E-state index contributed by atoms with van der Waals surface area (Å²) >= 11 is 0. The van der Waals surface area contributed by atoms with Crippen LogP contribution in [0.15, 0.2) is 0 Å². The molecule has 0 unspecified atom stereocenters. The van der Waals surface area contributed by atoms with Crippen LogP contribution in [0.3, 0.4) is 0 Å². The number of hydrogen-bond acceptors (Lipinski definition) is 7. The Labute approximate surface area is 89.5 Å². The van der Waals surface area contributed by atoms with Crippen molar-refractivity contribution in [2.75, 3.05) is 6.61 Å². The van der Waals surface area contributed by atoms with Gasteiger partial charge in [0.25, 0.3) is 0 Å². The van der Waals surface area contributed by atoms with E-state index in [1.54, 1.807) is 0 Å². The molecule has 0 amide bonds. The van der Waals surface area contributed by atoms with E-state index in [-0.39, 0.29) is 0 Å². The van der Waals surface area contributed by atoms with Gasteiger partial charge in [-0.05, 0) is 0 Å². The average Bonchev–Trinajstić information content (AvgIpc) is 2.17. The van der Waals surface area contributed by atoms with Crippen molar-refractivity contribution in [3.05, 3.63) is 0 Å². The summed E-state index contributed by atoms with van der Waals surface area (Å²) in [6, 6.07) is 0. The monoisotopic (exact) mass is 258 g/mol. The van der Waals surface area contributed by atoms with E-state index in [2.05, 4.69) is 9.26 Å². The minimum absolute atomic E-state index is 0.791. The Hall–Kier alpha value is -0.540. The van der Waals surface area contributed by atoms with Crippen LogP contribution < -0.4 is 0 Å². The molecule has 0 saturated carbocycles. The molecule has 0 spiro atoms. The lowest BCUT2D eigenvalue weighted by Gasteiger charge is -2.33. The van der Waals surface area contributed by atoms with Crippen LogP contribution in [0, 0.1) is 0 Å². The van der Waals surface area contributed by atoms with Crippen LogP contribution in [0.5, 0.6) is 0 Å². The van der Waals surface area contributed by atoms with Crippen LogP contribution >= 0.6 is 7.82 Å². The summed E-state index contributed by atoms with van der Waals surface area (Å²) in [7, 11) is -4.76. The van der Waals surface area contributed by atoms with Crippen LogP contribution in [0.2, 0.25) is 0 Å². The fourth-order valence-corrected chi connectivity index (χ4v) is 1.48. The predicted octanol–water partition coefficient (Wildman–Crippen LogP) is -2.90. The molecule has 0 radical (unpaired) electrons. The maximum atomic E-state index is 10.9. The Morgan fingerprint density at radius 3 is 2.31 bits per heavy atom. The fourth-order valence-electron chi connectivity index (χ4n) is 1.14. The SMILES string of the molecule is O=C1O[C@H](COP(=O)(O)O)[C@@H](O)[C@H](O)[C@H]1O. The first-order valence-electron chi connectivity index (χ1n) is 4.17. The highest BCUT2D eigenvalue weighted by Crippen LogP contribution is 2.36. The van der Waals surface area contributed by atoms with Crippen molar-refractivity contribution in [2.24, 2.45) is 0 Å². The number of carbonyl (C=O) groups is 1. The summed E-state index contributed by atoms with van der Waals surface area (Å²) in [5.41, 5.74) is 0. The molecular formula is C6H11O9P. The molecule has 0 aromatic carbocycles. The topological polar surface area (TPSA) is 154 Å². The molecule has 1 rings (SSSR count). The minimum Gasteiger partial charge on any atom is -0.455 e. The smallest absolute Gasteiger partial charge is 0.455 e. The molecule has 1 saturated heterocycles. The van der Waals surface area contributed by atoms with Gasteiger partial charge < -0.3 is 29.8 Å². The molecule has 10 heteroatoms. The van der Waals surface area contributed by atoms with Gasteiger partial charge in [0.05, 0.1) is 6.61 Å². The van der Waals surface area contributed by atoms with Crippen LogP contribution in [0.1, 0.15) is 0 Å². The molecule has 1 aliphatic heterocycles. The quantitative estimate of drug-likeness (QED) is 0.265. The van der Waals surface area contributed by atoms with Crippen molar-refractivity contribution in [1.29, 1.82) is 0 Å². The maximum Gasteiger partial charge on any atom is 0.469 e. The molecule has 1 fully saturated rings. The van der Waals surface area contributed by atoms with Crippen molar-refractivity contribution in [1.82, 2.24) is 0 Å². The summed E-state index contributed by atoms with van der Waals surface area (Å²) in [5, 5.41) is 27.5. The Morgan fingerprint density at radius 1 is 1.25 bits per heavy atom. The van der Waals surface area contributed by atoms with Crippen molar-refractivity contribution in [3.63, 3.8) is 0 Å².